The van der Waals surface area contributed by atoms with Crippen LogP contribution in [-0.2, 0) is 20.1 Å². The van der Waals surface area contributed by atoms with Gasteiger partial charge < -0.3 is 19.6 Å². The van der Waals surface area contributed by atoms with Gasteiger partial charge in [-0.15, -0.1) is 0 Å². The van der Waals surface area contributed by atoms with Gasteiger partial charge in [0.05, 0.1) is 27.1 Å². The zero-order valence-electron chi connectivity index (χ0n) is 43.6. The van der Waals surface area contributed by atoms with E-state index < -0.39 is 42.3 Å². The van der Waals surface area contributed by atoms with Crippen LogP contribution in [-0.4, -0.2) is 54.3 Å². The fourth-order valence-electron chi connectivity index (χ4n) is 5.34. The number of sulfonamides is 1. The summed E-state index contributed by atoms with van der Waals surface area (Å²) >= 11 is 0. The molecule has 0 saturated heterocycles. The molecule has 0 spiro atoms. The number of benzene rings is 5. The molecule has 0 radical (unpaired) electrons. The molecule has 13 nitrogen and oxygen atoms in total. The van der Waals surface area contributed by atoms with Gasteiger partial charge in [0.25, 0.3) is 15.6 Å². The molecule has 7 aromatic rings. The number of carboxylic acids is 1. The standard InChI is InChI=1S/C12H12N2O2S.C12H12.C11H10N2O6S.C8H10.4C2H6.CH4O.2Na/c1-10-5-7-11(8-6-10)17(15,16)14-12-4-2-3-9-13-12;1-9-7-10(2)12-6-4-3-5-11(12)8-9;1-6-9(11(15)16)12-13(10(6)14)7-3-2-4-8(5-7)20(17,18)19;1-7-3-5-8(2)6-4-7;5*1-2;;/h2-9H,1H3,(H,13,14);3-8H,1-2H3;2-5,12H,1H3,(H,15,16)(H,17,18,19);3-6H,1-2H3;4*1-2H3;2H,1H3;;/q;;;;;;;;;2*+1/p-2. The average molecular weight is 1010 g/mol. The average Bonchev–Trinajstić information content (AvgIpc) is 3.64. The number of aliphatic hydroxyl groups excluding tert-OH is 1. The maximum absolute atomic E-state index is 12.0. The van der Waals surface area contributed by atoms with Crippen LogP contribution >= 0.6 is 0 Å². The predicted octanol–water partition coefficient (Wildman–Crippen LogP) is 4.41. The SMILES string of the molecule is CC.CC.CC.CC.CO.Cc1c(C(=O)[O-])[nH]n(-c2cccc(S(=O)(=O)[O-])c2)c1=O.Cc1cc(C)c2ccccc2c1.Cc1ccc(C)cc1.Cc1ccc(S(=O)(=O)Nc2ccccn2)cc1.[Na+].[Na+]. The first kappa shape index (κ1) is 71.2. The van der Waals surface area contributed by atoms with E-state index in [1.54, 1.807) is 42.5 Å². The molecule has 0 aliphatic rings. The fourth-order valence-corrected chi connectivity index (χ4v) is 6.86. The molecule has 0 aliphatic heterocycles. The third-order valence-corrected chi connectivity index (χ3v) is 10.6. The van der Waals surface area contributed by atoms with Crippen LogP contribution in [0.25, 0.3) is 16.5 Å². The molecule has 366 valence electrons. The van der Waals surface area contributed by atoms with Gasteiger partial charge in [-0.25, -0.2) is 26.5 Å². The zero-order valence-corrected chi connectivity index (χ0v) is 49.3. The molecule has 17 heteroatoms. The summed E-state index contributed by atoms with van der Waals surface area (Å²) in [5, 5.41) is 22.8. The van der Waals surface area contributed by atoms with Crippen LogP contribution in [0.1, 0.15) is 99.3 Å². The van der Waals surface area contributed by atoms with E-state index in [9.17, 15) is 36.1 Å². The summed E-state index contributed by atoms with van der Waals surface area (Å²) in [5.74, 6) is -1.25. The Kier molecular flexibility index (Phi) is 39.6. The molecule has 0 unspecified atom stereocenters. The number of hydrogen-bond acceptors (Lipinski definition) is 10. The molecule has 7 rings (SSSR count). The van der Waals surface area contributed by atoms with Crippen molar-refractivity contribution in [3.63, 3.8) is 0 Å². The first-order valence-electron chi connectivity index (χ1n) is 21.9. The van der Waals surface area contributed by atoms with E-state index in [4.69, 9.17) is 5.11 Å². The number of H-pyrrole nitrogens is 1. The number of fused-ring (bicyclic) bond motifs is 1. The van der Waals surface area contributed by atoms with Crippen molar-refractivity contribution in [1.29, 1.82) is 0 Å². The fraction of sp³-hybridized carbons (Fsp3) is 0.288. The second kappa shape index (κ2) is 38.4. The zero-order chi connectivity index (χ0) is 51.9. The van der Waals surface area contributed by atoms with Gasteiger partial charge in [0.15, 0.2) is 0 Å². The minimum Gasteiger partial charge on any atom is -0.744 e. The summed E-state index contributed by atoms with van der Waals surface area (Å²) in [4.78, 5) is 26.3. The Morgan fingerprint density at radius 3 is 1.54 bits per heavy atom. The summed E-state index contributed by atoms with van der Waals surface area (Å²) in [7, 11) is -7.22. The Labute approximate surface area is 456 Å². The number of aromatic amines is 1. The number of nitrogens with zero attached hydrogens (tertiary/aromatic N) is 2. The third kappa shape index (κ3) is 25.3. The summed E-state index contributed by atoms with van der Waals surface area (Å²) in [6.07, 6.45) is 1.53. The van der Waals surface area contributed by atoms with E-state index in [1.807, 2.05) is 62.3 Å². The van der Waals surface area contributed by atoms with Crippen molar-refractivity contribution >= 4 is 42.7 Å². The van der Waals surface area contributed by atoms with Crippen molar-refractivity contribution < 1.29 is 95.5 Å². The van der Waals surface area contributed by atoms with Gasteiger partial charge in [-0.2, -0.15) is 0 Å². The van der Waals surface area contributed by atoms with Gasteiger partial charge in [-0.3, -0.25) is 14.6 Å². The van der Waals surface area contributed by atoms with E-state index in [0.717, 1.165) is 29.5 Å². The Morgan fingerprint density at radius 2 is 1.09 bits per heavy atom. The second-order valence-corrected chi connectivity index (χ2v) is 16.1. The molecule has 5 aromatic carbocycles. The number of carbonyl (C=O) groups is 1. The van der Waals surface area contributed by atoms with Gasteiger partial charge in [0, 0.05) is 18.9 Å². The molecule has 3 N–H and O–H groups in total. The smallest absolute Gasteiger partial charge is 0.744 e. The molecule has 0 saturated carbocycles. The molecule has 2 aromatic heterocycles. The molecule has 0 amide bonds. The number of aryl methyl sites for hydroxylation is 5. The number of anilines is 1. The van der Waals surface area contributed by atoms with Crippen molar-refractivity contribution in [1.82, 2.24) is 14.8 Å². The van der Waals surface area contributed by atoms with Crippen LogP contribution in [0.2, 0.25) is 0 Å². The van der Waals surface area contributed by atoms with Crippen LogP contribution in [0.5, 0.6) is 0 Å². The summed E-state index contributed by atoms with van der Waals surface area (Å²) in [5.41, 5.74) is 5.24. The number of carbonyl (C=O) groups excluding carboxylic acids is 1. The third-order valence-electron chi connectivity index (χ3n) is 8.36. The number of rotatable bonds is 6. The van der Waals surface area contributed by atoms with Crippen LogP contribution < -0.4 is 74.5 Å². The minimum atomic E-state index is -4.67. The molecule has 0 bridgehead atoms. The second-order valence-electron chi connectivity index (χ2n) is 13.1. The number of aromatic nitrogens is 3. The summed E-state index contributed by atoms with van der Waals surface area (Å²) in [6, 6.07) is 37.8. The number of nitrogens with one attached hydrogen (secondary N) is 2. The molecule has 0 aliphatic carbocycles. The molecular formula is C52H70N4Na2O9S2. The minimum absolute atomic E-state index is 0. The van der Waals surface area contributed by atoms with Crippen LogP contribution in [0.4, 0.5) is 5.82 Å². The summed E-state index contributed by atoms with van der Waals surface area (Å²) < 4.78 is 59.9. The maximum atomic E-state index is 12.0. The van der Waals surface area contributed by atoms with E-state index in [-0.39, 0.29) is 75.3 Å². The molecule has 0 atom stereocenters. The van der Waals surface area contributed by atoms with Crippen molar-refractivity contribution in [2.45, 2.75) is 107 Å². The first-order valence-corrected chi connectivity index (χ1v) is 24.8. The monoisotopic (exact) mass is 1000 g/mol. The maximum Gasteiger partial charge on any atom is 1.00 e. The molecule has 2 heterocycles. The van der Waals surface area contributed by atoms with Gasteiger partial charge >= 0.3 is 59.1 Å². The van der Waals surface area contributed by atoms with Crippen LogP contribution in [0.3, 0.4) is 0 Å². The Morgan fingerprint density at radius 1 is 0.609 bits per heavy atom. The van der Waals surface area contributed by atoms with Gasteiger partial charge in [-0.1, -0.05) is 163 Å². The number of hydrogen-bond donors (Lipinski definition) is 3. The Hall–Kier alpha value is -4.39. The van der Waals surface area contributed by atoms with Gasteiger partial charge in [0.1, 0.15) is 15.9 Å². The number of aliphatic hydroxyl groups is 1. The van der Waals surface area contributed by atoms with Crippen molar-refractivity contribution in [2.24, 2.45) is 0 Å². The molecular weight excluding hydrogens is 935 g/mol. The normalized spacial score (nSPS) is 9.41. The van der Waals surface area contributed by atoms with E-state index in [2.05, 4.69) is 103 Å². The van der Waals surface area contributed by atoms with E-state index in [1.165, 1.54) is 58.3 Å². The Balaban J connectivity index is -0.000000393. The topological polar surface area (TPSA) is 214 Å². The quantitative estimate of drug-likeness (QED) is 0.158. The van der Waals surface area contributed by atoms with Crippen molar-refractivity contribution in [2.75, 3.05) is 11.8 Å². The van der Waals surface area contributed by atoms with Crippen molar-refractivity contribution in [3.8, 4) is 5.69 Å². The molecule has 0 fully saturated rings. The first-order chi connectivity index (χ1) is 31.9. The number of carboxylic acid groups (broad SMARTS) is 1. The van der Waals surface area contributed by atoms with E-state index >= 15 is 0 Å². The predicted molar refractivity (Wildman–Crippen MR) is 273 cm³/mol. The summed E-state index contributed by atoms with van der Waals surface area (Å²) in [6.45, 7) is 27.7. The number of aromatic carboxylic acids is 1. The van der Waals surface area contributed by atoms with Gasteiger partial charge in [-0.05, 0) is 100 Å². The molecule has 69 heavy (non-hydrogen) atoms. The van der Waals surface area contributed by atoms with Gasteiger partial charge in [0.2, 0.25) is 0 Å². The van der Waals surface area contributed by atoms with Crippen LogP contribution in [0, 0.1) is 41.5 Å². The largest absolute Gasteiger partial charge is 1.00 e. The Bertz CT molecular complexity index is 2740. The van der Waals surface area contributed by atoms with E-state index in [0.29, 0.717) is 5.82 Å². The van der Waals surface area contributed by atoms with Crippen molar-refractivity contribution in [3.05, 3.63) is 183 Å². The van der Waals surface area contributed by atoms with Crippen LogP contribution in [0.15, 0.2) is 148 Å². The number of pyridine rings is 1.